The second-order valence-electron chi connectivity index (χ2n) is 4.24. The molecule has 8 nitrogen and oxygen atoms in total. The highest BCUT2D eigenvalue weighted by molar-refractivity contribution is 7.90. The van der Waals surface area contributed by atoms with Crippen LogP contribution in [0, 0.1) is 0 Å². The number of sulfonamides is 1. The highest BCUT2D eigenvalue weighted by Gasteiger charge is 2.40. The summed E-state index contributed by atoms with van der Waals surface area (Å²) >= 11 is 6.02. The van der Waals surface area contributed by atoms with E-state index in [4.69, 9.17) is 21.1 Å². The molecule has 1 aromatic rings. The summed E-state index contributed by atoms with van der Waals surface area (Å²) in [6, 6.07) is 4.13. The quantitative estimate of drug-likeness (QED) is 0.802. The van der Waals surface area contributed by atoms with E-state index in [1.807, 2.05) is 0 Å². The minimum atomic E-state index is -4.07. The van der Waals surface area contributed by atoms with Crippen LogP contribution in [0.3, 0.4) is 0 Å². The summed E-state index contributed by atoms with van der Waals surface area (Å²) in [5, 5.41) is 0.0286. The zero-order valence-electron chi connectivity index (χ0n) is 12.3. The number of rotatable bonds is 2. The van der Waals surface area contributed by atoms with Gasteiger partial charge >= 0.3 is 12.2 Å². The normalized spacial score (nSPS) is 14.7. The predicted octanol–water partition coefficient (Wildman–Crippen LogP) is 2.40. The molecule has 1 aliphatic heterocycles. The first-order valence-electron chi connectivity index (χ1n) is 6.61. The van der Waals surface area contributed by atoms with E-state index in [0.717, 1.165) is 0 Å². The molecule has 0 unspecified atom stereocenters. The van der Waals surface area contributed by atoms with Crippen molar-refractivity contribution < 1.29 is 27.5 Å². The summed E-state index contributed by atoms with van der Waals surface area (Å²) in [6.07, 6.45) is -2.21. The van der Waals surface area contributed by atoms with Crippen LogP contribution >= 0.6 is 11.6 Å². The van der Waals surface area contributed by atoms with E-state index in [1.54, 1.807) is 0 Å². The zero-order valence-corrected chi connectivity index (χ0v) is 13.8. The van der Waals surface area contributed by atoms with Crippen LogP contribution in [0.15, 0.2) is 27.5 Å². The number of halogens is 1. The number of fused-ring (bicyclic) bond motifs is 1. The lowest BCUT2D eigenvalue weighted by molar-refractivity contribution is 0.102. The van der Waals surface area contributed by atoms with E-state index in [0.29, 0.717) is 4.90 Å². The lowest BCUT2D eigenvalue weighted by atomic mass is 10.2. The van der Waals surface area contributed by atoms with Crippen LogP contribution < -0.4 is 0 Å². The fourth-order valence-corrected chi connectivity index (χ4v) is 3.44. The number of hydrogen-bond donors (Lipinski definition) is 0. The molecule has 1 aromatic carbocycles. The highest BCUT2D eigenvalue weighted by atomic mass is 35.5. The molecule has 23 heavy (non-hydrogen) atoms. The summed E-state index contributed by atoms with van der Waals surface area (Å²) in [5.41, 5.74) is -0.0460. The van der Waals surface area contributed by atoms with Crippen LogP contribution in [0.25, 0.3) is 0 Å². The second kappa shape index (κ2) is 6.55. The van der Waals surface area contributed by atoms with Crippen LogP contribution in [0.1, 0.15) is 19.4 Å². The SMILES string of the molecule is CCOC(=O)N(C(=O)OCC)C1=NS(=O)(=O)c2cccc(Cl)c21. The zero-order chi connectivity index (χ0) is 17.2. The number of ether oxygens (including phenoxy) is 2. The largest absolute Gasteiger partial charge is 0.449 e. The maximum Gasteiger partial charge on any atom is 0.425 e. The third-order valence-corrected chi connectivity index (χ3v) is 4.42. The van der Waals surface area contributed by atoms with Crippen molar-refractivity contribution in [2.75, 3.05) is 13.2 Å². The van der Waals surface area contributed by atoms with Gasteiger partial charge in [0.25, 0.3) is 10.0 Å². The van der Waals surface area contributed by atoms with Gasteiger partial charge in [0.15, 0.2) is 5.84 Å². The van der Waals surface area contributed by atoms with Gasteiger partial charge in [-0.25, -0.2) is 9.59 Å². The third kappa shape index (κ3) is 3.15. The summed E-state index contributed by atoms with van der Waals surface area (Å²) in [4.78, 5) is 24.3. The van der Waals surface area contributed by atoms with Crippen molar-refractivity contribution in [1.82, 2.24) is 4.90 Å². The van der Waals surface area contributed by atoms with Crippen molar-refractivity contribution in [3.05, 3.63) is 28.8 Å². The van der Waals surface area contributed by atoms with Crippen LogP contribution in [0.2, 0.25) is 5.02 Å². The van der Waals surface area contributed by atoms with Crippen molar-refractivity contribution in [3.8, 4) is 0 Å². The molecule has 0 N–H and O–H groups in total. The van der Waals surface area contributed by atoms with E-state index in [2.05, 4.69) is 4.40 Å². The van der Waals surface area contributed by atoms with Crippen LogP contribution in [0.5, 0.6) is 0 Å². The van der Waals surface area contributed by atoms with E-state index in [-0.39, 0.29) is 28.7 Å². The lowest BCUT2D eigenvalue weighted by Crippen LogP contribution is -2.42. The Morgan fingerprint density at radius 2 is 1.74 bits per heavy atom. The molecule has 0 radical (unpaired) electrons. The molecule has 1 aliphatic rings. The minimum absolute atomic E-state index is 0.0237. The maximum absolute atomic E-state index is 12.1. The van der Waals surface area contributed by atoms with Gasteiger partial charge in [0, 0.05) is 0 Å². The van der Waals surface area contributed by atoms with E-state index >= 15 is 0 Å². The van der Waals surface area contributed by atoms with Crippen molar-refractivity contribution in [1.29, 1.82) is 0 Å². The van der Waals surface area contributed by atoms with Crippen LogP contribution in [-0.2, 0) is 19.5 Å². The fraction of sp³-hybridized carbons (Fsp3) is 0.308. The number of benzene rings is 1. The Bertz CT molecular complexity index is 772. The first-order valence-corrected chi connectivity index (χ1v) is 8.42. The highest BCUT2D eigenvalue weighted by Crippen LogP contribution is 2.33. The van der Waals surface area contributed by atoms with E-state index in [9.17, 15) is 18.0 Å². The number of nitrogens with zero attached hydrogens (tertiary/aromatic N) is 2. The number of amidine groups is 1. The maximum atomic E-state index is 12.1. The molecule has 0 spiro atoms. The van der Waals surface area contributed by atoms with Crippen molar-refractivity contribution >= 4 is 39.6 Å². The molecule has 0 saturated heterocycles. The van der Waals surface area contributed by atoms with E-state index < -0.39 is 28.0 Å². The Kier molecular flexibility index (Phi) is 4.90. The van der Waals surface area contributed by atoms with Gasteiger partial charge in [0.2, 0.25) is 0 Å². The number of hydrogen-bond acceptors (Lipinski definition) is 6. The molecule has 2 amide bonds. The predicted molar refractivity (Wildman–Crippen MR) is 81.1 cm³/mol. The Labute approximate surface area is 137 Å². The van der Waals surface area contributed by atoms with Gasteiger partial charge in [-0.15, -0.1) is 4.40 Å². The van der Waals surface area contributed by atoms with Crippen LogP contribution in [-0.4, -0.2) is 44.6 Å². The average molecular weight is 361 g/mol. The Hall–Kier alpha value is -2.13. The van der Waals surface area contributed by atoms with Gasteiger partial charge in [-0.3, -0.25) is 0 Å². The van der Waals surface area contributed by atoms with Gasteiger partial charge in [0.1, 0.15) is 4.90 Å². The summed E-state index contributed by atoms with van der Waals surface area (Å²) in [5.74, 6) is -0.442. The summed E-state index contributed by atoms with van der Waals surface area (Å²) in [6.45, 7) is 3.03. The second-order valence-corrected chi connectivity index (χ2v) is 6.22. The van der Waals surface area contributed by atoms with E-state index in [1.165, 1.54) is 32.0 Å². The summed E-state index contributed by atoms with van der Waals surface area (Å²) in [7, 11) is -4.07. The first kappa shape index (κ1) is 17.2. The Balaban J connectivity index is 2.61. The van der Waals surface area contributed by atoms with Gasteiger partial charge < -0.3 is 9.47 Å². The molecule has 124 valence electrons. The standard InChI is InChI=1S/C13H13ClN2O6S/c1-3-21-12(17)16(13(18)22-4-2)11-10-8(14)6-5-7-9(10)23(19,20)15-11/h5-7H,3-4H2,1-2H3. The van der Waals surface area contributed by atoms with Gasteiger partial charge in [-0.1, -0.05) is 17.7 Å². The molecule has 2 rings (SSSR count). The van der Waals surface area contributed by atoms with Gasteiger partial charge in [-0.2, -0.15) is 13.3 Å². The average Bonchev–Trinajstić information content (AvgIpc) is 2.73. The Morgan fingerprint density at radius 3 is 2.26 bits per heavy atom. The molecular weight excluding hydrogens is 348 g/mol. The van der Waals surface area contributed by atoms with Gasteiger partial charge in [-0.05, 0) is 26.0 Å². The number of amides is 2. The van der Waals surface area contributed by atoms with Crippen LogP contribution in [0.4, 0.5) is 9.59 Å². The molecule has 1 heterocycles. The minimum Gasteiger partial charge on any atom is -0.449 e. The van der Waals surface area contributed by atoms with Crippen molar-refractivity contribution in [2.24, 2.45) is 4.40 Å². The molecule has 0 saturated carbocycles. The fourth-order valence-electron chi connectivity index (χ4n) is 1.92. The Morgan fingerprint density at radius 1 is 1.17 bits per heavy atom. The third-order valence-electron chi connectivity index (χ3n) is 2.80. The molecule has 0 aromatic heterocycles. The monoisotopic (exact) mass is 360 g/mol. The number of carbonyl (C=O) groups is 2. The number of carbonyl (C=O) groups excluding carboxylic acids is 2. The van der Waals surface area contributed by atoms with Gasteiger partial charge in [0.05, 0.1) is 23.8 Å². The van der Waals surface area contributed by atoms with Crippen molar-refractivity contribution in [2.45, 2.75) is 18.7 Å². The molecule has 0 aliphatic carbocycles. The molecule has 0 fully saturated rings. The van der Waals surface area contributed by atoms with Crippen molar-refractivity contribution in [3.63, 3.8) is 0 Å². The molecule has 0 atom stereocenters. The molecule has 10 heteroatoms. The molecular formula is C13H13ClN2O6S. The lowest BCUT2D eigenvalue weighted by Gasteiger charge is -2.19. The first-order chi connectivity index (χ1) is 10.8. The summed E-state index contributed by atoms with van der Waals surface area (Å²) < 4.78 is 37.2. The topological polar surface area (TPSA) is 102 Å². The molecule has 0 bridgehead atoms. The number of imide groups is 1. The smallest absolute Gasteiger partial charge is 0.425 e.